The van der Waals surface area contributed by atoms with Gasteiger partial charge in [-0.05, 0) is 49.9 Å². The Morgan fingerprint density at radius 1 is 1.22 bits per heavy atom. The molecular formula is C21H24N2O4. The van der Waals surface area contributed by atoms with Crippen LogP contribution in [0.15, 0.2) is 48.5 Å². The maximum atomic E-state index is 12.9. The number of carbonyl (C=O) groups excluding carboxylic acids is 2. The third kappa shape index (κ3) is 4.05. The molecule has 1 aliphatic rings. The Kier molecular flexibility index (Phi) is 5.35. The van der Waals surface area contributed by atoms with Crippen LogP contribution in [0.1, 0.15) is 30.9 Å². The minimum atomic E-state index is -1.02. The molecule has 1 aliphatic heterocycles. The molecular weight excluding hydrogens is 344 g/mol. The molecule has 2 aromatic carbocycles. The number of hydrogen-bond donors (Lipinski definition) is 2. The largest absolute Gasteiger partial charge is 0.506 e. The van der Waals surface area contributed by atoms with Gasteiger partial charge >= 0.3 is 6.09 Å². The van der Waals surface area contributed by atoms with E-state index < -0.39 is 11.6 Å². The number of aryl methyl sites for hydroxylation is 1. The molecule has 1 unspecified atom stereocenters. The molecule has 2 aromatic rings. The van der Waals surface area contributed by atoms with Gasteiger partial charge in [-0.3, -0.25) is 9.69 Å². The summed E-state index contributed by atoms with van der Waals surface area (Å²) in [5, 5.41) is 12.7. The van der Waals surface area contributed by atoms with Crippen molar-refractivity contribution in [3.05, 3.63) is 59.7 Å². The van der Waals surface area contributed by atoms with Gasteiger partial charge in [-0.25, -0.2) is 4.79 Å². The van der Waals surface area contributed by atoms with E-state index in [2.05, 4.69) is 5.32 Å². The summed E-state index contributed by atoms with van der Waals surface area (Å²) in [6, 6.07) is 14.4. The Morgan fingerprint density at radius 3 is 2.70 bits per heavy atom. The van der Waals surface area contributed by atoms with Crippen LogP contribution in [0, 0.1) is 6.92 Å². The number of likely N-dealkylation sites (tertiary alicyclic amines) is 1. The second-order valence-electron chi connectivity index (χ2n) is 7.04. The number of nitrogens with zero attached hydrogens (tertiary/aromatic N) is 1. The predicted molar refractivity (Wildman–Crippen MR) is 102 cm³/mol. The van der Waals surface area contributed by atoms with Crippen molar-refractivity contribution >= 4 is 17.7 Å². The highest BCUT2D eigenvalue weighted by molar-refractivity contribution is 6.00. The van der Waals surface area contributed by atoms with E-state index in [0.717, 1.165) is 11.1 Å². The molecule has 2 amide bonds. The van der Waals surface area contributed by atoms with E-state index >= 15 is 0 Å². The van der Waals surface area contributed by atoms with Crippen molar-refractivity contribution in [2.45, 2.75) is 38.8 Å². The molecule has 3 rings (SSSR count). The molecule has 6 heteroatoms. The zero-order chi connectivity index (χ0) is 19.4. The van der Waals surface area contributed by atoms with Gasteiger partial charge in [-0.1, -0.05) is 36.4 Å². The van der Waals surface area contributed by atoms with Crippen molar-refractivity contribution in [1.82, 2.24) is 4.90 Å². The quantitative estimate of drug-likeness (QED) is 0.804. The fourth-order valence-electron chi connectivity index (χ4n) is 3.30. The van der Waals surface area contributed by atoms with Crippen LogP contribution in [0.2, 0.25) is 0 Å². The number of benzene rings is 2. The monoisotopic (exact) mass is 368 g/mol. The molecule has 2 N–H and O–H groups in total. The van der Waals surface area contributed by atoms with Crippen LogP contribution >= 0.6 is 0 Å². The Morgan fingerprint density at radius 2 is 1.96 bits per heavy atom. The number of phenolic OH excluding ortho intramolecular Hbond substituents is 1. The summed E-state index contributed by atoms with van der Waals surface area (Å²) in [6.45, 7) is 4.22. The Hall–Kier alpha value is -3.02. The topological polar surface area (TPSA) is 78.9 Å². The van der Waals surface area contributed by atoms with E-state index in [1.165, 1.54) is 11.0 Å². The first kappa shape index (κ1) is 18.8. The van der Waals surface area contributed by atoms with Crippen molar-refractivity contribution < 1.29 is 19.4 Å². The fraction of sp³-hybridized carbons (Fsp3) is 0.333. The first-order valence-corrected chi connectivity index (χ1v) is 8.99. The van der Waals surface area contributed by atoms with Crippen LogP contribution in [0.5, 0.6) is 5.75 Å². The molecule has 1 saturated heterocycles. The number of amides is 2. The predicted octanol–water partition coefficient (Wildman–Crippen LogP) is 3.83. The van der Waals surface area contributed by atoms with E-state index in [1.807, 2.05) is 37.3 Å². The van der Waals surface area contributed by atoms with Crippen LogP contribution in [-0.2, 0) is 16.1 Å². The number of aromatic hydroxyl groups is 1. The molecule has 1 atom stereocenters. The number of phenols is 1. The lowest BCUT2D eigenvalue weighted by Crippen LogP contribution is -2.53. The zero-order valence-electron chi connectivity index (χ0n) is 15.6. The Labute approximate surface area is 158 Å². The first-order valence-electron chi connectivity index (χ1n) is 8.99. The summed E-state index contributed by atoms with van der Waals surface area (Å²) >= 11 is 0. The van der Waals surface area contributed by atoms with E-state index in [4.69, 9.17) is 4.74 Å². The number of rotatable bonds is 4. The standard InChI is InChI=1S/C21H24N2O4/c1-15-9-10-18(24)17(13-15)22-19(25)21(2)11-6-12-23(21)20(26)27-14-16-7-4-3-5-8-16/h3-5,7-10,13,24H,6,11-12,14H2,1-2H3,(H,22,25). The summed E-state index contributed by atoms with van der Waals surface area (Å²) < 4.78 is 5.41. The van der Waals surface area contributed by atoms with Crippen molar-refractivity contribution in [2.75, 3.05) is 11.9 Å². The number of anilines is 1. The third-order valence-electron chi connectivity index (χ3n) is 4.96. The summed E-state index contributed by atoms with van der Waals surface area (Å²) in [5.41, 5.74) is 1.12. The fourth-order valence-corrected chi connectivity index (χ4v) is 3.30. The van der Waals surface area contributed by atoms with Crippen molar-refractivity contribution in [1.29, 1.82) is 0 Å². The molecule has 27 heavy (non-hydrogen) atoms. The van der Waals surface area contributed by atoms with Gasteiger partial charge in [0.05, 0.1) is 5.69 Å². The average molecular weight is 368 g/mol. The SMILES string of the molecule is Cc1ccc(O)c(NC(=O)C2(C)CCCN2C(=O)OCc2ccccc2)c1. The van der Waals surface area contributed by atoms with E-state index in [9.17, 15) is 14.7 Å². The lowest BCUT2D eigenvalue weighted by molar-refractivity contribution is -0.125. The minimum Gasteiger partial charge on any atom is -0.506 e. The summed E-state index contributed by atoms with van der Waals surface area (Å²) in [6.07, 6.45) is 0.734. The second-order valence-corrected chi connectivity index (χ2v) is 7.04. The Bertz CT molecular complexity index is 837. The highest BCUT2D eigenvalue weighted by Gasteiger charge is 2.46. The Balaban J connectivity index is 1.70. The van der Waals surface area contributed by atoms with E-state index in [1.54, 1.807) is 19.1 Å². The van der Waals surface area contributed by atoms with Gasteiger partial charge in [-0.15, -0.1) is 0 Å². The molecule has 1 heterocycles. The molecule has 0 bridgehead atoms. The minimum absolute atomic E-state index is 0.00579. The van der Waals surface area contributed by atoms with E-state index in [0.29, 0.717) is 25.1 Å². The van der Waals surface area contributed by atoms with Gasteiger partial charge < -0.3 is 15.2 Å². The number of hydrogen-bond acceptors (Lipinski definition) is 4. The number of carbonyl (C=O) groups is 2. The summed E-state index contributed by atoms with van der Waals surface area (Å²) in [7, 11) is 0. The third-order valence-corrected chi connectivity index (χ3v) is 4.96. The van der Waals surface area contributed by atoms with Gasteiger partial charge in [0.15, 0.2) is 0 Å². The molecule has 0 spiro atoms. The summed E-state index contributed by atoms with van der Waals surface area (Å²) in [4.78, 5) is 27.0. The van der Waals surface area contributed by atoms with Crippen molar-refractivity contribution in [2.24, 2.45) is 0 Å². The van der Waals surface area contributed by atoms with E-state index in [-0.39, 0.29) is 18.3 Å². The maximum absolute atomic E-state index is 12.9. The average Bonchev–Trinajstić information content (AvgIpc) is 3.07. The van der Waals surface area contributed by atoms with Crippen molar-refractivity contribution in [3.8, 4) is 5.75 Å². The molecule has 0 aliphatic carbocycles. The second kappa shape index (κ2) is 7.70. The molecule has 0 aromatic heterocycles. The number of nitrogens with one attached hydrogen (secondary N) is 1. The van der Waals surface area contributed by atoms with Gasteiger partial charge in [0, 0.05) is 6.54 Å². The zero-order valence-corrected chi connectivity index (χ0v) is 15.6. The lowest BCUT2D eigenvalue weighted by Gasteiger charge is -2.33. The van der Waals surface area contributed by atoms with Gasteiger partial charge in [-0.2, -0.15) is 0 Å². The summed E-state index contributed by atoms with van der Waals surface area (Å²) in [5.74, 6) is -0.341. The van der Waals surface area contributed by atoms with Crippen LogP contribution in [0.4, 0.5) is 10.5 Å². The van der Waals surface area contributed by atoms with Gasteiger partial charge in [0.25, 0.3) is 0 Å². The number of ether oxygens (including phenoxy) is 1. The molecule has 1 fully saturated rings. The van der Waals surface area contributed by atoms with Crippen molar-refractivity contribution in [3.63, 3.8) is 0 Å². The van der Waals surface area contributed by atoms with Crippen LogP contribution in [0.25, 0.3) is 0 Å². The molecule has 0 saturated carbocycles. The molecule has 0 radical (unpaired) electrons. The highest BCUT2D eigenvalue weighted by atomic mass is 16.6. The van der Waals surface area contributed by atoms with Gasteiger partial charge in [0.2, 0.25) is 5.91 Å². The van der Waals surface area contributed by atoms with Crippen LogP contribution in [0.3, 0.4) is 0 Å². The van der Waals surface area contributed by atoms with Crippen LogP contribution in [-0.4, -0.2) is 34.1 Å². The first-order chi connectivity index (χ1) is 12.9. The molecule has 6 nitrogen and oxygen atoms in total. The lowest BCUT2D eigenvalue weighted by atomic mass is 9.97. The smallest absolute Gasteiger partial charge is 0.410 e. The highest BCUT2D eigenvalue weighted by Crippen LogP contribution is 2.33. The molecule has 142 valence electrons. The maximum Gasteiger partial charge on any atom is 0.410 e. The van der Waals surface area contributed by atoms with Gasteiger partial charge in [0.1, 0.15) is 17.9 Å². The normalized spacial score (nSPS) is 19.0. The van der Waals surface area contributed by atoms with Crippen LogP contribution < -0.4 is 5.32 Å².